The molecule has 2 fully saturated rings. The van der Waals surface area contributed by atoms with Crippen molar-refractivity contribution in [2.24, 2.45) is 5.92 Å². The van der Waals surface area contributed by atoms with Gasteiger partial charge in [-0.15, -0.1) is 0 Å². The Kier molecular flexibility index (Phi) is 5.53. The molecular formula is C15H26ClN3O2S2. The number of likely N-dealkylation sites (tertiary alicyclic amines) is 1. The molecule has 0 aromatic rings. The van der Waals surface area contributed by atoms with Gasteiger partial charge in [0.15, 0.2) is 4.83 Å². The lowest BCUT2D eigenvalue weighted by Gasteiger charge is -2.41. The van der Waals surface area contributed by atoms with Crippen LogP contribution < -0.4 is 5.32 Å². The summed E-state index contributed by atoms with van der Waals surface area (Å²) in [6.07, 6.45) is 4.40. The van der Waals surface area contributed by atoms with E-state index >= 15 is 0 Å². The molecule has 3 aliphatic rings. The zero-order valence-electron chi connectivity index (χ0n) is 13.8. The van der Waals surface area contributed by atoms with Crippen molar-refractivity contribution in [2.75, 3.05) is 26.2 Å². The number of hydrogen-bond acceptors (Lipinski definition) is 5. The number of halogens is 1. The van der Waals surface area contributed by atoms with Crippen LogP contribution in [0.5, 0.6) is 0 Å². The lowest BCUT2D eigenvalue weighted by atomic mass is 9.95. The molecule has 1 N–H and O–H groups in total. The van der Waals surface area contributed by atoms with E-state index in [-0.39, 0.29) is 4.83 Å². The number of nitrogens with zero attached hydrogens (tertiary/aromatic N) is 2. The third-order valence-corrected chi connectivity index (χ3v) is 9.14. The third-order valence-electron chi connectivity index (χ3n) is 5.18. The van der Waals surface area contributed by atoms with Crippen LogP contribution >= 0.6 is 23.4 Å². The van der Waals surface area contributed by atoms with Crippen LogP contribution in [-0.4, -0.2) is 54.7 Å². The van der Waals surface area contributed by atoms with E-state index in [1.54, 1.807) is 11.2 Å². The number of thioether (sulfide) groups is 1. The van der Waals surface area contributed by atoms with Gasteiger partial charge in [0.2, 0.25) is 0 Å². The van der Waals surface area contributed by atoms with E-state index in [0.717, 1.165) is 31.8 Å². The highest BCUT2D eigenvalue weighted by atomic mass is 35.5. The number of sulfonamides is 1. The number of alkyl halides is 1. The van der Waals surface area contributed by atoms with Crippen molar-refractivity contribution in [3.8, 4) is 0 Å². The first kappa shape index (κ1) is 17.9. The number of rotatable bonds is 3. The molecule has 3 aliphatic heterocycles. The van der Waals surface area contributed by atoms with Crippen LogP contribution in [0.25, 0.3) is 0 Å². The molecule has 132 valence electrons. The first-order valence-electron chi connectivity index (χ1n) is 8.40. The maximum atomic E-state index is 12.8. The van der Waals surface area contributed by atoms with Crippen LogP contribution in [0.4, 0.5) is 0 Å². The lowest BCUT2D eigenvalue weighted by molar-refractivity contribution is 0.101. The fourth-order valence-electron chi connectivity index (χ4n) is 3.65. The van der Waals surface area contributed by atoms with Gasteiger partial charge >= 0.3 is 0 Å². The second kappa shape index (κ2) is 7.12. The van der Waals surface area contributed by atoms with Crippen LogP contribution in [0.15, 0.2) is 9.93 Å². The van der Waals surface area contributed by atoms with E-state index in [0.29, 0.717) is 29.1 Å². The van der Waals surface area contributed by atoms with Gasteiger partial charge in [0.05, 0.1) is 0 Å². The van der Waals surface area contributed by atoms with Gasteiger partial charge in [-0.25, -0.2) is 8.42 Å². The second-order valence-corrected chi connectivity index (χ2v) is 10.8. The summed E-state index contributed by atoms with van der Waals surface area (Å²) in [4.78, 5) is 2.18. The molecule has 3 rings (SSSR count). The van der Waals surface area contributed by atoms with Crippen molar-refractivity contribution in [1.29, 1.82) is 0 Å². The van der Waals surface area contributed by atoms with Crippen molar-refractivity contribution in [1.82, 2.24) is 14.5 Å². The van der Waals surface area contributed by atoms with Gasteiger partial charge in [-0.05, 0) is 51.6 Å². The first-order valence-corrected chi connectivity index (χ1v) is 11.2. The van der Waals surface area contributed by atoms with Crippen LogP contribution in [0.3, 0.4) is 0 Å². The molecule has 5 nitrogen and oxygen atoms in total. The standard InChI is InChI=1S/C15H26ClN3O2S2/c1-11-3-7-18(8-4-11)13-5-9-19(10-6-13)23(20,21)14-12(2)17-15(16)22-14/h11,13,15,17H,3-10H2,1-2H3. The maximum Gasteiger partial charge on any atom is 0.250 e. The monoisotopic (exact) mass is 379 g/mol. The normalized spacial score (nSPS) is 30.0. The maximum absolute atomic E-state index is 12.8. The van der Waals surface area contributed by atoms with Gasteiger partial charge < -0.3 is 10.2 Å². The number of nitrogens with one attached hydrogen (secondary N) is 1. The number of hydrogen-bond donors (Lipinski definition) is 1. The zero-order chi connectivity index (χ0) is 16.6. The Morgan fingerprint density at radius 3 is 2.26 bits per heavy atom. The van der Waals surface area contributed by atoms with Crippen LogP contribution in [-0.2, 0) is 10.0 Å². The summed E-state index contributed by atoms with van der Waals surface area (Å²) in [5, 5.41) is 2.97. The fraction of sp³-hybridized carbons (Fsp3) is 0.867. The molecule has 8 heteroatoms. The molecule has 0 aromatic heterocycles. The Morgan fingerprint density at radius 2 is 1.74 bits per heavy atom. The fourth-order valence-corrected chi connectivity index (χ4v) is 7.37. The molecule has 23 heavy (non-hydrogen) atoms. The SMILES string of the molecule is CC1=C(S(=O)(=O)N2CCC(N3CCC(C)CC3)CC2)SC(Cl)N1. The summed E-state index contributed by atoms with van der Waals surface area (Å²) >= 11 is 7.20. The summed E-state index contributed by atoms with van der Waals surface area (Å²) in [6.45, 7) is 7.66. The van der Waals surface area contributed by atoms with Crippen molar-refractivity contribution in [3.05, 3.63) is 9.93 Å². The van der Waals surface area contributed by atoms with Crippen LogP contribution in [0.2, 0.25) is 0 Å². The molecule has 1 unspecified atom stereocenters. The van der Waals surface area contributed by atoms with E-state index < -0.39 is 10.0 Å². The summed E-state index contributed by atoms with van der Waals surface area (Å²) in [5.74, 6) is 0.831. The highest BCUT2D eigenvalue weighted by Crippen LogP contribution is 2.38. The predicted octanol–water partition coefficient (Wildman–Crippen LogP) is 2.56. The van der Waals surface area contributed by atoms with Crippen molar-refractivity contribution >= 4 is 33.4 Å². The molecule has 0 saturated carbocycles. The predicted molar refractivity (Wildman–Crippen MR) is 96.6 cm³/mol. The molecular weight excluding hydrogens is 354 g/mol. The topological polar surface area (TPSA) is 52.7 Å². The number of allylic oxidation sites excluding steroid dienone is 1. The Labute approximate surface area is 148 Å². The van der Waals surface area contributed by atoms with Crippen LogP contribution in [0.1, 0.15) is 39.5 Å². The molecule has 3 heterocycles. The number of piperidine rings is 2. The van der Waals surface area contributed by atoms with E-state index in [9.17, 15) is 8.42 Å². The van der Waals surface area contributed by atoms with E-state index in [4.69, 9.17) is 11.6 Å². The summed E-state index contributed by atoms with van der Waals surface area (Å²) in [5.41, 5.74) is 0.669. The third kappa shape index (κ3) is 3.84. The Balaban J connectivity index is 1.59. The second-order valence-electron chi connectivity index (χ2n) is 6.84. The van der Waals surface area contributed by atoms with Gasteiger partial charge in [-0.2, -0.15) is 4.31 Å². The first-order chi connectivity index (χ1) is 10.9. The van der Waals surface area contributed by atoms with Crippen molar-refractivity contribution in [3.63, 3.8) is 0 Å². The largest absolute Gasteiger partial charge is 0.363 e. The van der Waals surface area contributed by atoms with Crippen molar-refractivity contribution < 1.29 is 8.42 Å². The molecule has 0 radical (unpaired) electrons. The van der Waals surface area contributed by atoms with Crippen LogP contribution in [0, 0.1) is 5.92 Å². The Morgan fingerprint density at radius 1 is 1.13 bits per heavy atom. The van der Waals surface area contributed by atoms with E-state index in [1.165, 1.54) is 24.6 Å². The summed E-state index contributed by atoms with van der Waals surface area (Å²) in [6, 6.07) is 0.541. The Bertz CT molecular complexity index is 565. The minimum Gasteiger partial charge on any atom is -0.363 e. The molecule has 0 aliphatic carbocycles. The van der Waals surface area contributed by atoms with Gasteiger partial charge in [-0.3, -0.25) is 0 Å². The highest BCUT2D eigenvalue weighted by Gasteiger charge is 2.37. The van der Waals surface area contributed by atoms with E-state index in [1.807, 2.05) is 0 Å². The van der Waals surface area contributed by atoms with Gasteiger partial charge in [0, 0.05) is 24.8 Å². The Hall–Kier alpha value is 0.0500. The minimum absolute atomic E-state index is 0.382. The zero-order valence-corrected chi connectivity index (χ0v) is 16.2. The molecule has 0 amide bonds. The molecule has 0 aromatic carbocycles. The van der Waals surface area contributed by atoms with Gasteiger partial charge in [0.25, 0.3) is 10.0 Å². The van der Waals surface area contributed by atoms with Crippen molar-refractivity contribution in [2.45, 2.75) is 50.4 Å². The summed E-state index contributed by atoms with van der Waals surface area (Å²) in [7, 11) is -3.40. The molecule has 0 spiro atoms. The average Bonchev–Trinajstić information content (AvgIpc) is 2.87. The average molecular weight is 380 g/mol. The molecule has 1 atom stereocenters. The quantitative estimate of drug-likeness (QED) is 0.603. The van der Waals surface area contributed by atoms with Gasteiger partial charge in [0.1, 0.15) is 4.24 Å². The lowest BCUT2D eigenvalue weighted by Crippen LogP contribution is -2.48. The minimum atomic E-state index is -3.40. The van der Waals surface area contributed by atoms with E-state index in [2.05, 4.69) is 17.1 Å². The summed E-state index contributed by atoms with van der Waals surface area (Å²) < 4.78 is 27.6. The smallest absolute Gasteiger partial charge is 0.250 e. The molecule has 0 bridgehead atoms. The molecule has 2 saturated heterocycles. The van der Waals surface area contributed by atoms with Gasteiger partial charge in [-0.1, -0.05) is 30.3 Å². The highest BCUT2D eigenvalue weighted by molar-refractivity contribution is 8.19.